The Morgan fingerprint density at radius 3 is 0.655 bits per heavy atom. The molecule has 4 aromatic heterocycles. The molecular weight excluding hydrogens is 721 g/mol. The number of para-hydroxylation sites is 4. The van der Waals surface area contributed by atoms with Crippen LogP contribution in [0.2, 0.25) is 0 Å². The van der Waals surface area contributed by atoms with Gasteiger partial charge in [-0.15, -0.1) is 20.4 Å². The highest BCUT2D eigenvalue weighted by Crippen LogP contribution is 2.55. The molecule has 58 heavy (non-hydrogen) atoms. The lowest BCUT2D eigenvalue weighted by Gasteiger charge is -2.42. The van der Waals surface area contributed by atoms with E-state index < -0.39 is 12.3 Å². The van der Waals surface area contributed by atoms with Crippen molar-refractivity contribution >= 4 is 46.0 Å². The number of nitrogens with zero attached hydrogens (tertiary/aromatic N) is 12. The van der Waals surface area contributed by atoms with Crippen LogP contribution in [0.3, 0.4) is 0 Å². The average molecular weight is 775 g/mol. The smallest absolute Gasteiger partial charge is 0.157 e. The van der Waals surface area contributed by atoms with Crippen LogP contribution in [0.1, 0.15) is 106 Å². The molecule has 0 fully saturated rings. The molecule has 0 spiro atoms. The Bertz CT molecular complexity index is 2060. The zero-order valence-corrected chi connectivity index (χ0v) is 35.8. The zero-order chi connectivity index (χ0) is 41.4. The molecule has 12 nitrogen and oxygen atoms in total. The minimum absolute atomic E-state index is 0.180. The minimum Gasteiger partial charge on any atom is -0.297 e. The largest absolute Gasteiger partial charge is 0.297 e. The molecule has 0 unspecified atom stereocenters. The summed E-state index contributed by atoms with van der Waals surface area (Å²) in [4.78, 5) is 9.05. The van der Waals surface area contributed by atoms with Crippen LogP contribution in [0.25, 0.3) is 0 Å². The maximum Gasteiger partial charge on any atom is 0.157 e. The molecule has 0 atom stereocenters. The molecule has 0 radical (unpaired) electrons. The zero-order valence-electron chi connectivity index (χ0n) is 35.8. The van der Waals surface area contributed by atoms with Crippen LogP contribution >= 0.6 is 0 Å². The second kappa shape index (κ2) is 13.8. The van der Waals surface area contributed by atoms with Crippen LogP contribution in [0.15, 0.2) is 97.1 Å². The quantitative estimate of drug-likeness (QED) is 0.166. The summed E-state index contributed by atoms with van der Waals surface area (Å²) >= 11 is 0. The third-order valence-electron chi connectivity index (χ3n) is 10.8. The maximum absolute atomic E-state index is 4.96. The number of benzene rings is 2. The first kappa shape index (κ1) is 38.8. The molecule has 0 N–H and O–H groups in total. The van der Waals surface area contributed by atoms with Crippen molar-refractivity contribution in [2.45, 2.75) is 117 Å². The first-order valence-electron chi connectivity index (χ1n) is 20.0. The number of rotatable bonds is 5. The number of hydrogen-bond donors (Lipinski definition) is 0. The van der Waals surface area contributed by atoms with Crippen molar-refractivity contribution in [2.75, 3.05) is 19.6 Å². The van der Waals surface area contributed by atoms with E-state index in [1.165, 1.54) is 0 Å². The summed E-state index contributed by atoms with van der Waals surface area (Å²) in [5.74, 6) is 2.75. The van der Waals surface area contributed by atoms with Gasteiger partial charge in [-0.2, -0.15) is 20.4 Å². The van der Waals surface area contributed by atoms with Gasteiger partial charge in [0.1, 0.15) is 0 Å². The van der Waals surface area contributed by atoms with Gasteiger partial charge in [-0.3, -0.25) is 19.6 Å². The first-order chi connectivity index (χ1) is 27.3. The van der Waals surface area contributed by atoms with Gasteiger partial charge in [-0.05, 0) is 72.8 Å². The predicted octanol–water partition coefficient (Wildman–Crippen LogP) is 9.97. The lowest BCUT2D eigenvalue weighted by atomic mass is 9.92. The molecule has 2 aliphatic rings. The fourth-order valence-electron chi connectivity index (χ4n) is 7.53. The second-order valence-corrected chi connectivity index (χ2v) is 19.4. The van der Waals surface area contributed by atoms with Crippen molar-refractivity contribution in [2.24, 2.45) is 0 Å². The maximum atomic E-state index is 4.96. The summed E-state index contributed by atoms with van der Waals surface area (Å²) in [5, 5.41) is 39.1. The van der Waals surface area contributed by atoms with Gasteiger partial charge in [0.2, 0.25) is 0 Å². The van der Waals surface area contributed by atoms with E-state index in [9.17, 15) is 0 Å². The Morgan fingerprint density at radius 1 is 0.293 bits per heavy atom. The molecule has 2 aromatic carbocycles. The molecule has 0 saturated carbocycles. The van der Waals surface area contributed by atoms with Crippen LogP contribution in [-0.4, -0.2) is 53.1 Å². The summed E-state index contributed by atoms with van der Waals surface area (Å²) in [6.07, 6.45) is -1.08. The topological polar surface area (TPSA) is 116 Å². The molecule has 12 heteroatoms. The lowest BCUT2D eigenvalue weighted by molar-refractivity contribution is 0.522. The molecule has 6 aromatic rings. The van der Waals surface area contributed by atoms with Crippen molar-refractivity contribution in [1.82, 2.24) is 40.8 Å². The van der Waals surface area contributed by atoms with Gasteiger partial charge in [-0.1, -0.05) is 107 Å². The molecule has 8 rings (SSSR count). The van der Waals surface area contributed by atoms with Gasteiger partial charge >= 0.3 is 0 Å². The fourth-order valence-corrected chi connectivity index (χ4v) is 7.53. The van der Waals surface area contributed by atoms with Crippen molar-refractivity contribution in [3.63, 3.8) is 0 Å². The Labute approximate surface area is 342 Å². The average Bonchev–Trinajstić information content (AvgIpc) is 3.70. The van der Waals surface area contributed by atoms with Crippen molar-refractivity contribution in [1.29, 1.82) is 0 Å². The van der Waals surface area contributed by atoms with Crippen LogP contribution in [0.4, 0.5) is 46.0 Å². The summed E-state index contributed by atoms with van der Waals surface area (Å²) in [6.45, 7) is 25.8. The van der Waals surface area contributed by atoms with E-state index in [-0.39, 0.29) is 21.7 Å². The third-order valence-corrected chi connectivity index (χ3v) is 10.8. The van der Waals surface area contributed by atoms with Gasteiger partial charge in [0.15, 0.2) is 35.6 Å². The Kier molecular flexibility index (Phi) is 9.24. The highest BCUT2D eigenvalue weighted by Gasteiger charge is 2.53. The summed E-state index contributed by atoms with van der Waals surface area (Å²) < 4.78 is 0. The van der Waals surface area contributed by atoms with E-state index in [2.05, 4.69) is 200 Å². The van der Waals surface area contributed by atoms with E-state index in [0.717, 1.165) is 45.5 Å². The number of aromatic nitrogens is 8. The Balaban J connectivity index is 1.41. The second-order valence-electron chi connectivity index (χ2n) is 19.4. The number of hydrogen-bond acceptors (Lipinski definition) is 12. The van der Waals surface area contributed by atoms with Gasteiger partial charge in [0.25, 0.3) is 0 Å². The number of fused-ring (bicyclic) bond motifs is 2. The summed E-state index contributed by atoms with van der Waals surface area (Å²) in [5.41, 5.74) is 6.70. The van der Waals surface area contributed by atoms with E-state index in [1.807, 2.05) is 0 Å². The molecule has 0 saturated heterocycles. The molecule has 6 heterocycles. The summed E-state index contributed by atoms with van der Waals surface area (Å²) in [7, 11) is 0. The van der Waals surface area contributed by atoms with Gasteiger partial charge in [0, 0.05) is 21.7 Å². The van der Waals surface area contributed by atoms with E-state index in [4.69, 9.17) is 40.8 Å². The standard InChI is InChI=1S/C46H54N12/c1-43(2,3)33-21-25-37(51-47-33)55-29-17-13-14-18-30(29)56(38-26-22-34(48-52-38)44(4,5)6)41(55)42-57(39-27-23-35(49-53-39)45(7,8)9)31-19-15-16-20-32(31)58(42)40-28-24-36(50-54-40)46(10,11)12/h13-28,41-42H,1-12H3. The fraction of sp³-hybridized carbons (Fsp3) is 0.391. The van der Waals surface area contributed by atoms with Crippen LogP contribution in [-0.2, 0) is 21.7 Å². The van der Waals surface area contributed by atoms with Crippen LogP contribution < -0.4 is 19.6 Å². The Morgan fingerprint density at radius 2 is 0.500 bits per heavy atom. The highest BCUT2D eigenvalue weighted by atomic mass is 15.6. The molecule has 298 valence electrons. The third kappa shape index (κ3) is 6.88. The number of anilines is 8. The molecular formula is C46H54N12. The summed E-state index contributed by atoms with van der Waals surface area (Å²) in [6, 6.07) is 33.4. The highest BCUT2D eigenvalue weighted by molar-refractivity contribution is 5.92. The van der Waals surface area contributed by atoms with E-state index in [0.29, 0.717) is 23.3 Å². The predicted molar refractivity (Wildman–Crippen MR) is 232 cm³/mol. The van der Waals surface area contributed by atoms with Gasteiger partial charge in [0.05, 0.1) is 45.5 Å². The van der Waals surface area contributed by atoms with E-state index in [1.54, 1.807) is 0 Å². The molecule has 0 bridgehead atoms. The molecule has 0 aliphatic carbocycles. The van der Waals surface area contributed by atoms with Gasteiger partial charge in [-0.25, -0.2) is 0 Å². The van der Waals surface area contributed by atoms with Crippen molar-refractivity contribution < 1.29 is 0 Å². The molecule has 0 amide bonds. The van der Waals surface area contributed by atoms with Gasteiger partial charge < -0.3 is 0 Å². The monoisotopic (exact) mass is 774 g/mol. The normalized spacial score (nSPS) is 15.3. The SMILES string of the molecule is CC(C)(C)c1ccc(N2c3ccccc3N(c3ccc(C(C)(C)C)nn3)C2C2N(c3ccc(C(C)(C)C)nn3)c3ccccc3N2c2ccc(C(C)(C)C)nn2)nn1. The first-order valence-corrected chi connectivity index (χ1v) is 20.0. The molecule has 2 aliphatic heterocycles. The lowest BCUT2D eigenvalue weighted by Crippen LogP contribution is -2.58. The van der Waals surface area contributed by atoms with Crippen LogP contribution in [0, 0.1) is 0 Å². The van der Waals surface area contributed by atoms with Crippen molar-refractivity contribution in [3.05, 3.63) is 120 Å². The minimum atomic E-state index is -0.539. The van der Waals surface area contributed by atoms with Crippen molar-refractivity contribution in [3.8, 4) is 0 Å². The van der Waals surface area contributed by atoms with E-state index >= 15 is 0 Å². The Hall–Kier alpha value is -6.04. The van der Waals surface area contributed by atoms with Crippen LogP contribution in [0.5, 0.6) is 0 Å².